The van der Waals surface area contributed by atoms with Crippen molar-refractivity contribution in [2.75, 3.05) is 0 Å². The Balaban J connectivity index is 1.80. The lowest BCUT2D eigenvalue weighted by Crippen LogP contribution is -2.24. The minimum absolute atomic E-state index is 0.0248. The van der Waals surface area contributed by atoms with Gasteiger partial charge in [0.15, 0.2) is 0 Å². The van der Waals surface area contributed by atoms with Crippen molar-refractivity contribution in [2.24, 2.45) is 0 Å². The molecule has 0 aliphatic rings. The first-order valence-electron chi connectivity index (χ1n) is 7.55. The van der Waals surface area contributed by atoms with Gasteiger partial charge in [0.2, 0.25) is 0 Å². The van der Waals surface area contributed by atoms with Gasteiger partial charge in [-0.3, -0.25) is 4.79 Å². The van der Waals surface area contributed by atoms with Gasteiger partial charge in [-0.25, -0.2) is 0 Å². The van der Waals surface area contributed by atoms with Crippen LogP contribution >= 0.6 is 0 Å². The van der Waals surface area contributed by atoms with Gasteiger partial charge in [0.05, 0.1) is 0 Å². The van der Waals surface area contributed by atoms with Crippen LogP contribution in [-0.2, 0) is 6.54 Å². The molecule has 0 saturated carbocycles. The maximum Gasteiger partial charge on any atom is 0.252 e. The highest BCUT2D eigenvalue weighted by Gasteiger charge is 2.09. The highest BCUT2D eigenvalue weighted by atomic mass is 16.1. The molecule has 0 spiro atoms. The van der Waals surface area contributed by atoms with E-state index in [0.29, 0.717) is 6.54 Å². The summed E-state index contributed by atoms with van der Waals surface area (Å²) in [5.41, 5.74) is 4.14. The number of para-hydroxylation sites is 1. The predicted molar refractivity (Wildman–Crippen MR) is 91.0 cm³/mol. The lowest BCUT2D eigenvalue weighted by atomic mass is 10.0. The molecule has 2 N–H and O–H groups in total. The van der Waals surface area contributed by atoms with Crippen LogP contribution in [0, 0.1) is 6.92 Å². The first-order chi connectivity index (χ1) is 10.6. The SMILES string of the molecule is Cc1ccccc1C(C)NCc1cc2ccccc2[nH]c1=O. The van der Waals surface area contributed by atoms with Crippen molar-refractivity contribution in [1.82, 2.24) is 10.3 Å². The third-order valence-electron chi connectivity index (χ3n) is 4.08. The number of aromatic nitrogens is 1. The second-order valence-electron chi connectivity index (χ2n) is 5.67. The van der Waals surface area contributed by atoms with Gasteiger partial charge in [-0.15, -0.1) is 0 Å². The number of aryl methyl sites for hydroxylation is 1. The number of H-pyrrole nitrogens is 1. The van der Waals surface area contributed by atoms with Crippen LogP contribution in [0.3, 0.4) is 0 Å². The molecular weight excluding hydrogens is 272 g/mol. The molecule has 1 atom stereocenters. The van der Waals surface area contributed by atoms with Crippen molar-refractivity contribution in [1.29, 1.82) is 0 Å². The number of hydrogen-bond acceptors (Lipinski definition) is 2. The van der Waals surface area contributed by atoms with Crippen LogP contribution in [0.25, 0.3) is 10.9 Å². The van der Waals surface area contributed by atoms with Crippen LogP contribution in [0.4, 0.5) is 0 Å². The average molecular weight is 292 g/mol. The summed E-state index contributed by atoms with van der Waals surface area (Å²) in [4.78, 5) is 15.1. The quantitative estimate of drug-likeness (QED) is 0.770. The Morgan fingerprint density at radius 2 is 1.82 bits per heavy atom. The fourth-order valence-electron chi connectivity index (χ4n) is 2.77. The van der Waals surface area contributed by atoms with E-state index in [4.69, 9.17) is 0 Å². The standard InChI is InChI=1S/C19H20N2O/c1-13-7-3-5-9-17(13)14(2)20-12-16-11-15-8-4-6-10-18(15)21-19(16)22/h3-11,14,20H,12H2,1-2H3,(H,21,22). The minimum atomic E-state index is -0.0248. The second-order valence-corrected chi connectivity index (χ2v) is 5.67. The van der Waals surface area contributed by atoms with E-state index in [1.54, 1.807) is 0 Å². The zero-order chi connectivity index (χ0) is 15.5. The molecule has 0 aliphatic carbocycles. The Labute approximate surface area is 130 Å². The number of benzene rings is 2. The van der Waals surface area contributed by atoms with Gasteiger partial charge < -0.3 is 10.3 Å². The van der Waals surface area contributed by atoms with Crippen LogP contribution in [0.15, 0.2) is 59.4 Å². The molecule has 0 saturated heterocycles. The molecule has 3 rings (SSSR count). The summed E-state index contributed by atoms with van der Waals surface area (Å²) in [5.74, 6) is 0. The molecule has 2 aromatic carbocycles. The summed E-state index contributed by atoms with van der Waals surface area (Å²) < 4.78 is 0. The zero-order valence-corrected chi connectivity index (χ0v) is 12.9. The maximum absolute atomic E-state index is 12.2. The van der Waals surface area contributed by atoms with Gasteiger partial charge >= 0.3 is 0 Å². The molecule has 3 aromatic rings. The monoisotopic (exact) mass is 292 g/mol. The number of fused-ring (bicyclic) bond motifs is 1. The van der Waals surface area contributed by atoms with E-state index >= 15 is 0 Å². The van der Waals surface area contributed by atoms with E-state index in [-0.39, 0.29) is 11.6 Å². The molecule has 0 fully saturated rings. The van der Waals surface area contributed by atoms with Gasteiger partial charge in [0.1, 0.15) is 0 Å². The van der Waals surface area contributed by atoms with Crippen molar-refractivity contribution in [3.63, 3.8) is 0 Å². The number of nitrogens with one attached hydrogen (secondary N) is 2. The molecule has 112 valence electrons. The van der Waals surface area contributed by atoms with Crippen molar-refractivity contribution in [3.8, 4) is 0 Å². The molecular formula is C19H20N2O. The molecule has 3 nitrogen and oxygen atoms in total. The van der Waals surface area contributed by atoms with Gasteiger partial charge in [-0.1, -0.05) is 42.5 Å². The fraction of sp³-hybridized carbons (Fsp3) is 0.211. The van der Waals surface area contributed by atoms with Crippen molar-refractivity contribution in [3.05, 3.63) is 81.6 Å². The Bertz CT molecular complexity index is 851. The highest BCUT2D eigenvalue weighted by Crippen LogP contribution is 2.17. The number of rotatable bonds is 4. The van der Waals surface area contributed by atoms with E-state index in [0.717, 1.165) is 16.5 Å². The molecule has 22 heavy (non-hydrogen) atoms. The highest BCUT2D eigenvalue weighted by molar-refractivity contribution is 5.78. The van der Waals surface area contributed by atoms with Gasteiger partial charge in [0, 0.05) is 23.7 Å². The summed E-state index contributed by atoms with van der Waals surface area (Å²) >= 11 is 0. The van der Waals surface area contributed by atoms with E-state index in [2.05, 4.69) is 36.3 Å². The first-order valence-corrected chi connectivity index (χ1v) is 7.55. The van der Waals surface area contributed by atoms with Crippen molar-refractivity contribution < 1.29 is 0 Å². The topological polar surface area (TPSA) is 44.9 Å². The van der Waals surface area contributed by atoms with E-state index in [1.165, 1.54) is 11.1 Å². The molecule has 1 heterocycles. The van der Waals surface area contributed by atoms with Crippen LogP contribution in [0.1, 0.15) is 29.7 Å². The average Bonchev–Trinajstić information content (AvgIpc) is 2.53. The first kappa shape index (κ1) is 14.5. The molecule has 1 unspecified atom stereocenters. The van der Waals surface area contributed by atoms with Crippen molar-refractivity contribution >= 4 is 10.9 Å². The van der Waals surface area contributed by atoms with Crippen LogP contribution in [0.5, 0.6) is 0 Å². The molecule has 0 bridgehead atoms. The lowest BCUT2D eigenvalue weighted by molar-refractivity contribution is 0.570. The smallest absolute Gasteiger partial charge is 0.252 e. The Kier molecular flexibility index (Phi) is 4.07. The lowest BCUT2D eigenvalue weighted by Gasteiger charge is -2.16. The number of pyridine rings is 1. The number of aromatic amines is 1. The maximum atomic E-state index is 12.2. The van der Waals surface area contributed by atoms with Crippen molar-refractivity contribution in [2.45, 2.75) is 26.4 Å². The Morgan fingerprint density at radius 1 is 1.09 bits per heavy atom. The summed E-state index contributed by atoms with van der Waals surface area (Å²) in [5, 5.41) is 4.50. The third-order valence-corrected chi connectivity index (χ3v) is 4.08. The molecule has 0 aliphatic heterocycles. The summed E-state index contributed by atoms with van der Waals surface area (Å²) in [6, 6.07) is 18.3. The van der Waals surface area contributed by atoms with Gasteiger partial charge in [-0.05, 0) is 42.5 Å². The Morgan fingerprint density at radius 3 is 2.64 bits per heavy atom. The largest absolute Gasteiger partial charge is 0.322 e. The predicted octanol–water partition coefficient (Wildman–Crippen LogP) is 3.69. The molecule has 0 amide bonds. The van der Waals surface area contributed by atoms with E-state index in [9.17, 15) is 4.79 Å². The van der Waals surface area contributed by atoms with E-state index in [1.807, 2.05) is 42.5 Å². The zero-order valence-electron chi connectivity index (χ0n) is 12.9. The molecule has 0 radical (unpaired) electrons. The molecule has 1 aromatic heterocycles. The summed E-state index contributed by atoms with van der Waals surface area (Å²) in [7, 11) is 0. The van der Waals surface area contributed by atoms with Gasteiger partial charge in [0.25, 0.3) is 5.56 Å². The minimum Gasteiger partial charge on any atom is -0.322 e. The normalized spacial score (nSPS) is 12.5. The number of hydrogen-bond donors (Lipinski definition) is 2. The molecule has 3 heteroatoms. The van der Waals surface area contributed by atoms with Gasteiger partial charge in [-0.2, -0.15) is 0 Å². The fourth-order valence-corrected chi connectivity index (χ4v) is 2.77. The second kappa shape index (κ2) is 6.16. The van der Waals surface area contributed by atoms with E-state index < -0.39 is 0 Å². The third kappa shape index (κ3) is 2.95. The summed E-state index contributed by atoms with van der Waals surface area (Å²) in [6.45, 7) is 4.78. The van der Waals surface area contributed by atoms with Crippen LogP contribution in [-0.4, -0.2) is 4.98 Å². The Hall–Kier alpha value is -2.39. The van der Waals surface area contributed by atoms with Crippen LogP contribution < -0.4 is 10.9 Å². The summed E-state index contributed by atoms with van der Waals surface area (Å²) in [6.07, 6.45) is 0. The van der Waals surface area contributed by atoms with Crippen LogP contribution in [0.2, 0.25) is 0 Å².